The quantitative estimate of drug-likeness (QED) is 0.760. The SMILES string of the molecule is CC1(C)OB(C=C2CC3(C2)CN(C(=O)CC[C@@H]2COC(=O)N2)C3)OC1(C)C. The monoisotopic (exact) mass is 376 g/mol. The van der Waals surface area contributed by atoms with Crippen molar-refractivity contribution in [3.63, 3.8) is 0 Å². The van der Waals surface area contributed by atoms with Gasteiger partial charge in [0.1, 0.15) is 6.61 Å². The number of allylic oxidation sites excluding steroid dienone is 1. The van der Waals surface area contributed by atoms with Crippen molar-refractivity contribution >= 4 is 19.1 Å². The minimum atomic E-state index is -0.383. The van der Waals surface area contributed by atoms with Gasteiger partial charge in [0.25, 0.3) is 0 Å². The van der Waals surface area contributed by atoms with Gasteiger partial charge in [-0.3, -0.25) is 4.79 Å². The number of nitrogens with one attached hydrogen (secondary N) is 1. The molecule has 4 fully saturated rings. The molecule has 0 unspecified atom stereocenters. The van der Waals surface area contributed by atoms with Crippen LogP contribution in [-0.4, -0.2) is 61.0 Å². The molecule has 1 aliphatic carbocycles. The number of carbonyl (C=O) groups excluding carboxylic acids is 2. The van der Waals surface area contributed by atoms with E-state index in [4.69, 9.17) is 14.0 Å². The maximum Gasteiger partial charge on any atom is 0.487 e. The molecule has 0 bridgehead atoms. The number of carbonyl (C=O) groups is 2. The average Bonchev–Trinajstić information content (AvgIpc) is 2.98. The lowest BCUT2D eigenvalue weighted by Crippen LogP contribution is -2.62. The molecule has 0 aromatic heterocycles. The lowest BCUT2D eigenvalue weighted by molar-refractivity contribution is -0.146. The number of ether oxygens (including phenoxy) is 1. The standard InChI is InChI=1S/C19H29BN2O5/c1-17(2)18(3,4)27-20(26-17)9-13-7-19(8-13)11-22(12-19)15(23)6-5-14-10-25-16(24)21-14/h9,14H,5-8,10-12H2,1-4H3,(H,21,24)/t14-/m1/s1. The Morgan fingerprint density at radius 1 is 1.22 bits per heavy atom. The van der Waals surface area contributed by atoms with E-state index in [1.54, 1.807) is 0 Å². The van der Waals surface area contributed by atoms with Crippen LogP contribution in [0.5, 0.6) is 0 Å². The second-order valence-electron chi connectivity index (χ2n) is 9.53. The molecule has 3 saturated heterocycles. The minimum absolute atomic E-state index is 0.0326. The van der Waals surface area contributed by atoms with Gasteiger partial charge in [0.2, 0.25) is 5.91 Å². The first-order valence-electron chi connectivity index (χ1n) is 9.84. The Kier molecular flexibility index (Phi) is 4.35. The van der Waals surface area contributed by atoms with E-state index < -0.39 is 0 Å². The molecule has 3 heterocycles. The average molecular weight is 376 g/mol. The normalized spacial score (nSPS) is 29.9. The highest BCUT2D eigenvalue weighted by atomic mass is 16.7. The van der Waals surface area contributed by atoms with Gasteiger partial charge in [-0.2, -0.15) is 0 Å². The first-order valence-corrected chi connectivity index (χ1v) is 9.84. The molecule has 0 aromatic rings. The van der Waals surface area contributed by atoms with Crippen LogP contribution in [0.2, 0.25) is 0 Å². The predicted octanol–water partition coefficient (Wildman–Crippen LogP) is 2.06. The zero-order valence-electron chi connectivity index (χ0n) is 16.7. The summed E-state index contributed by atoms with van der Waals surface area (Å²) in [5, 5.41) is 2.71. The molecule has 148 valence electrons. The van der Waals surface area contributed by atoms with Gasteiger partial charge in [0.05, 0.1) is 17.2 Å². The van der Waals surface area contributed by atoms with Gasteiger partial charge in [-0.05, 0) is 47.0 Å². The largest absolute Gasteiger partial charge is 0.487 e. The third-order valence-corrected chi connectivity index (χ3v) is 6.70. The fourth-order valence-electron chi connectivity index (χ4n) is 4.38. The first kappa shape index (κ1) is 18.8. The molecule has 0 aromatic carbocycles. The Bertz CT molecular complexity index is 658. The molecule has 27 heavy (non-hydrogen) atoms. The highest BCUT2D eigenvalue weighted by molar-refractivity contribution is 6.51. The molecular weight excluding hydrogens is 347 g/mol. The van der Waals surface area contributed by atoms with Crippen LogP contribution < -0.4 is 5.32 Å². The van der Waals surface area contributed by atoms with Crippen LogP contribution in [0, 0.1) is 5.41 Å². The Labute approximate surface area is 160 Å². The van der Waals surface area contributed by atoms with Crippen LogP contribution in [0.3, 0.4) is 0 Å². The van der Waals surface area contributed by atoms with Crippen molar-refractivity contribution in [2.75, 3.05) is 19.7 Å². The Hall–Kier alpha value is -1.54. The number of hydrogen-bond acceptors (Lipinski definition) is 5. The molecule has 4 rings (SSSR count). The lowest BCUT2D eigenvalue weighted by Gasteiger charge is -2.57. The van der Waals surface area contributed by atoms with Crippen molar-refractivity contribution in [2.24, 2.45) is 5.41 Å². The van der Waals surface area contributed by atoms with Gasteiger partial charge in [-0.25, -0.2) is 4.79 Å². The molecule has 1 saturated carbocycles. The summed E-state index contributed by atoms with van der Waals surface area (Å²) in [6.07, 6.45) is 2.76. The van der Waals surface area contributed by atoms with Crippen molar-refractivity contribution in [1.82, 2.24) is 10.2 Å². The van der Waals surface area contributed by atoms with Gasteiger partial charge in [0.15, 0.2) is 0 Å². The van der Waals surface area contributed by atoms with Crippen molar-refractivity contribution in [2.45, 2.75) is 70.6 Å². The summed E-state index contributed by atoms with van der Waals surface area (Å²) in [6.45, 7) is 10.3. The fourth-order valence-corrected chi connectivity index (χ4v) is 4.38. The van der Waals surface area contributed by atoms with Crippen molar-refractivity contribution in [3.8, 4) is 0 Å². The van der Waals surface area contributed by atoms with Crippen LogP contribution in [0.1, 0.15) is 53.4 Å². The highest BCUT2D eigenvalue weighted by Crippen LogP contribution is 2.52. The van der Waals surface area contributed by atoms with E-state index in [1.165, 1.54) is 5.57 Å². The zero-order chi connectivity index (χ0) is 19.4. The van der Waals surface area contributed by atoms with E-state index in [0.29, 0.717) is 19.4 Å². The Balaban J connectivity index is 1.20. The summed E-state index contributed by atoms with van der Waals surface area (Å²) < 4.78 is 16.9. The van der Waals surface area contributed by atoms with Gasteiger partial charge in [-0.15, -0.1) is 0 Å². The number of rotatable bonds is 4. The summed E-state index contributed by atoms with van der Waals surface area (Å²) in [5.74, 6) is 2.29. The second-order valence-corrected chi connectivity index (χ2v) is 9.53. The fraction of sp³-hybridized carbons (Fsp3) is 0.789. The van der Waals surface area contributed by atoms with E-state index in [1.807, 2.05) is 4.90 Å². The summed E-state index contributed by atoms with van der Waals surface area (Å²) >= 11 is 0. The molecular formula is C19H29BN2O5. The Morgan fingerprint density at radius 2 is 1.85 bits per heavy atom. The van der Waals surface area contributed by atoms with Crippen LogP contribution in [-0.2, 0) is 18.8 Å². The maximum absolute atomic E-state index is 12.3. The van der Waals surface area contributed by atoms with E-state index in [0.717, 1.165) is 25.9 Å². The third kappa shape index (κ3) is 3.49. The maximum atomic E-state index is 12.3. The molecule has 7 nitrogen and oxygen atoms in total. The van der Waals surface area contributed by atoms with Crippen molar-refractivity contribution in [3.05, 3.63) is 11.5 Å². The highest BCUT2D eigenvalue weighted by Gasteiger charge is 2.54. The number of alkyl carbamates (subject to hydrolysis) is 1. The summed E-state index contributed by atoms with van der Waals surface area (Å²) in [5.41, 5.74) is 1.02. The summed E-state index contributed by atoms with van der Waals surface area (Å²) in [6, 6.07) is -0.0326. The van der Waals surface area contributed by atoms with E-state index in [2.05, 4.69) is 39.0 Å². The van der Waals surface area contributed by atoms with Gasteiger partial charge in [-0.1, -0.05) is 11.5 Å². The number of likely N-dealkylation sites (tertiary alicyclic amines) is 1. The van der Waals surface area contributed by atoms with Gasteiger partial charge in [0, 0.05) is 24.9 Å². The summed E-state index contributed by atoms with van der Waals surface area (Å²) in [4.78, 5) is 25.3. The van der Waals surface area contributed by atoms with Crippen LogP contribution in [0.4, 0.5) is 4.79 Å². The molecule has 3 aliphatic heterocycles. The number of amides is 2. The molecule has 1 atom stereocenters. The Morgan fingerprint density at radius 3 is 2.41 bits per heavy atom. The molecule has 0 radical (unpaired) electrons. The van der Waals surface area contributed by atoms with E-state index >= 15 is 0 Å². The molecule has 4 aliphatic rings. The lowest BCUT2D eigenvalue weighted by atomic mass is 9.59. The smallest absolute Gasteiger partial charge is 0.447 e. The molecule has 1 N–H and O–H groups in total. The molecule has 8 heteroatoms. The van der Waals surface area contributed by atoms with Crippen LogP contribution in [0.25, 0.3) is 0 Å². The molecule has 1 spiro atoms. The summed E-state index contributed by atoms with van der Waals surface area (Å²) in [7, 11) is -0.274. The number of cyclic esters (lactones) is 1. The zero-order valence-corrected chi connectivity index (χ0v) is 16.7. The predicted molar refractivity (Wildman–Crippen MR) is 99.9 cm³/mol. The van der Waals surface area contributed by atoms with Crippen molar-refractivity contribution in [1.29, 1.82) is 0 Å². The van der Waals surface area contributed by atoms with Crippen LogP contribution in [0.15, 0.2) is 11.5 Å². The third-order valence-electron chi connectivity index (χ3n) is 6.70. The van der Waals surface area contributed by atoms with Gasteiger partial charge < -0.3 is 24.3 Å². The van der Waals surface area contributed by atoms with E-state index in [9.17, 15) is 9.59 Å². The number of nitrogens with zero attached hydrogens (tertiary/aromatic N) is 1. The number of hydrogen-bond donors (Lipinski definition) is 1. The van der Waals surface area contributed by atoms with Crippen molar-refractivity contribution < 1.29 is 23.6 Å². The first-order chi connectivity index (χ1) is 12.6. The van der Waals surface area contributed by atoms with Crippen LogP contribution >= 0.6 is 0 Å². The molecule has 2 amide bonds. The minimum Gasteiger partial charge on any atom is -0.447 e. The van der Waals surface area contributed by atoms with Gasteiger partial charge >= 0.3 is 13.2 Å². The van der Waals surface area contributed by atoms with E-state index in [-0.39, 0.29) is 41.8 Å². The second kappa shape index (κ2) is 6.24. The topological polar surface area (TPSA) is 77.1 Å².